The molecule has 0 bridgehead atoms. The van der Waals surface area contributed by atoms with E-state index in [4.69, 9.17) is 14.2 Å². The van der Waals surface area contributed by atoms with Crippen molar-refractivity contribution in [1.82, 2.24) is 0 Å². The van der Waals surface area contributed by atoms with Gasteiger partial charge in [0, 0.05) is 19.3 Å². The van der Waals surface area contributed by atoms with Crippen LogP contribution < -0.4 is 0 Å². The molecule has 0 fully saturated rings. The second-order valence-corrected chi connectivity index (χ2v) is 19.2. The number of rotatable bonds is 52. The molecule has 0 radical (unpaired) electrons. The van der Waals surface area contributed by atoms with Gasteiger partial charge in [-0.2, -0.15) is 0 Å². The second-order valence-electron chi connectivity index (χ2n) is 19.2. The molecular weight excluding hydrogens is 793 g/mol. The van der Waals surface area contributed by atoms with Crippen molar-refractivity contribution in [3.8, 4) is 0 Å². The summed E-state index contributed by atoms with van der Waals surface area (Å²) in [5.74, 6) is -0.866. The summed E-state index contributed by atoms with van der Waals surface area (Å²) >= 11 is 0. The highest BCUT2D eigenvalue weighted by molar-refractivity contribution is 5.71. The van der Waals surface area contributed by atoms with Gasteiger partial charge >= 0.3 is 17.9 Å². The Hall–Kier alpha value is -2.11. The fraction of sp³-hybridized carbons (Fsp3) is 0.879. The first-order valence-corrected chi connectivity index (χ1v) is 28.3. The van der Waals surface area contributed by atoms with Crippen molar-refractivity contribution >= 4 is 17.9 Å². The summed E-state index contributed by atoms with van der Waals surface area (Å²) in [7, 11) is 0. The van der Waals surface area contributed by atoms with E-state index in [0.717, 1.165) is 70.6 Å². The van der Waals surface area contributed by atoms with Crippen LogP contribution in [0.2, 0.25) is 0 Å². The van der Waals surface area contributed by atoms with E-state index >= 15 is 0 Å². The lowest BCUT2D eigenvalue weighted by Crippen LogP contribution is -2.30. The van der Waals surface area contributed by atoms with Gasteiger partial charge in [-0.1, -0.05) is 263 Å². The molecule has 0 N–H and O–H groups in total. The van der Waals surface area contributed by atoms with Gasteiger partial charge in [-0.15, -0.1) is 0 Å². The number of unbranched alkanes of at least 4 members (excludes halogenated alkanes) is 37. The summed E-state index contributed by atoms with van der Waals surface area (Å²) in [4.78, 5) is 37.8. The first kappa shape index (κ1) is 61.9. The van der Waals surface area contributed by atoms with Gasteiger partial charge in [0.1, 0.15) is 13.2 Å². The number of carbonyl (C=O) groups is 3. The zero-order valence-electron chi connectivity index (χ0n) is 43.1. The third-order valence-corrected chi connectivity index (χ3v) is 12.7. The van der Waals surface area contributed by atoms with E-state index in [1.807, 2.05) is 0 Å². The van der Waals surface area contributed by atoms with Crippen molar-refractivity contribution in [2.24, 2.45) is 0 Å². The Morgan fingerprint density at radius 2 is 0.562 bits per heavy atom. The Morgan fingerprint density at radius 3 is 0.859 bits per heavy atom. The lowest BCUT2D eigenvalue weighted by molar-refractivity contribution is -0.167. The van der Waals surface area contributed by atoms with E-state index in [0.29, 0.717) is 19.3 Å². The lowest BCUT2D eigenvalue weighted by atomic mass is 10.0. The molecule has 0 amide bonds. The molecule has 64 heavy (non-hydrogen) atoms. The van der Waals surface area contributed by atoms with Gasteiger partial charge in [-0.3, -0.25) is 14.4 Å². The Balaban J connectivity index is 4.06. The molecule has 6 nitrogen and oxygen atoms in total. The van der Waals surface area contributed by atoms with Crippen LogP contribution in [0.1, 0.15) is 310 Å². The third-order valence-electron chi connectivity index (χ3n) is 12.7. The first-order chi connectivity index (χ1) is 31.5. The molecule has 0 aliphatic rings. The highest BCUT2D eigenvalue weighted by atomic mass is 16.6. The molecule has 0 aliphatic heterocycles. The average Bonchev–Trinajstić information content (AvgIpc) is 3.29. The molecule has 0 saturated heterocycles. The molecule has 0 heterocycles. The van der Waals surface area contributed by atoms with Gasteiger partial charge < -0.3 is 14.2 Å². The van der Waals surface area contributed by atoms with Crippen LogP contribution in [0.15, 0.2) is 24.3 Å². The maximum Gasteiger partial charge on any atom is 0.306 e. The fourth-order valence-corrected chi connectivity index (χ4v) is 8.42. The van der Waals surface area contributed by atoms with Crippen molar-refractivity contribution < 1.29 is 28.6 Å². The molecular formula is C58H108O6. The van der Waals surface area contributed by atoms with Gasteiger partial charge in [0.25, 0.3) is 0 Å². The standard InChI is InChI=1S/C58H108O6/c1-4-7-10-13-15-17-19-21-23-25-27-28-29-30-31-33-34-36-38-40-42-45-48-51-57(60)63-54-55(53-62-56(59)50-47-44-12-9-6-3)64-58(61)52-49-46-43-41-39-37-35-32-26-24-22-20-18-16-14-11-8-5-2/h19,21,25,27,55H,4-18,20,22-24,26,28-54H2,1-3H3/b21-19-,27-25-. The Morgan fingerprint density at radius 1 is 0.312 bits per heavy atom. The molecule has 6 heteroatoms. The molecule has 1 unspecified atom stereocenters. The zero-order valence-corrected chi connectivity index (χ0v) is 43.1. The summed E-state index contributed by atoms with van der Waals surface area (Å²) in [5, 5.41) is 0. The van der Waals surface area contributed by atoms with Crippen molar-refractivity contribution in [2.75, 3.05) is 13.2 Å². The van der Waals surface area contributed by atoms with Crippen LogP contribution in [0.4, 0.5) is 0 Å². The summed E-state index contributed by atoms with van der Waals surface area (Å²) in [6.07, 6.45) is 62.1. The average molecular weight is 901 g/mol. The predicted octanol–water partition coefficient (Wildman–Crippen LogP) is 18.7. The minimum atomic E-state index is -0.764. The maximum atomic E-state index is 12.8. The number of esters is 3. The van der Waals surface area contributed by atoms with Crippen molar-refractivity contribution in [2.45, 2.75) is 316 Å². The highest BCUT2D eigenvalue weighted by Gasteiger charge is 2.19. The fourth-order valence-electron chi connectivity index (χ4n) is 8.42. The topological polar surface area (TPSA) is 78.9 Å². The molecule has 376 valence electrons. The van der Waals surface area contributed by atoms with Gasteiger partial charge in [0.05, 0.1) is 0 Å². The van der Waals surface area contributed by atoms with Crippen LogP contribution in [0.5, 0.6) is 0 Å². The molecule has 0 rings (SSSR count). The number of hydrogen-bond acceptors (Lipinski definition) is 6. The molecule has 0 aromatic heterocycles. The molecule has 1 atom stereocenters. The normalized spacial score (nSPS) is 12.1. The van der Waals surface area contributed by atoms with E-state index in [-0.39, 0.29) is 31.1 Å². The smallest absolute Gasteiger partial charge is 0.306 e. The number of allylic oxidation sites excluding steroid dienone is 4. The van der Waals surface area contributed by atoms with Crippen LogP contribution in [0, 0.1) is 0 Å². The molecule has 0 spiro atoms. The van der Waals surface area contributed by atoms with E-state index in [1.54, 1.807) is 0 Å². The van der Waals surface area contributed by atoms with Crippen LogP contribution >= 0.6 is 0 Å². The number of ether oxygens (including phenoxy) is 3. The minimum absolute atomic E-state index is 0.0683. The summed E-state index contributed by atoms with van der Waals surface area (Å²) in [5.41, 5.74) is 0. The predicted molar refractivity (Wildman–Crippen MR) is 275 cm³/mol. The Kier molecular flexibility index (Phi) is 51.7. The lowest BCUT2D eigenvalue weighted by Gasteiger charge is -2.18. The zero-order chi connectivity index (χ0) is 46.5. The number of hydrogen-bond donors (Lipinski definition) is 0. The van der Waals surface area contributed by atoms with Crippen molar-refractivity contribution in [3.05, 3.63) is 24.3 Å². The molecule has 0 aromatic rings. The van der Waals surface area contributed by atoms with Crippen molar-refractivity contribution in [1.29, 1.82) is 0 Å². The van der Waals surface area contributed by atoms with E-state index < -0.39 is 6.10 Å². The van der Waals surface area contributed by atoms with Crippen LogP contribution in [-0.2, 0) is 28.6 Å². The van der Waals surface area contributed by atoms with E-state index in [1.165, 1.54) is 199 Å². The molecule has 0 aliphatic carbocycles. The van der Waals surface area contributed by atoms with Crippen LogP contribution in [0.3, 0.4) is 0 Å². The monoisotopic (exact) mass is 901 g/mol. The maximum absolute atomic E-state index is 12.8. The van der Waals surface area contributed by atoms with E-state index in [2.05, 4.69) is 45.1 Å². The molecule has 0 aromatic carbocycles. The number of carbonyl (C=O) groups excluding carboxylic acids is 3. The Bertz CT molecular complexity index is 1040. The largest absolute Gasteiger partial charge is 0.462 e. The van der Waals surface area contributed by atoms with Gasteiger partial charge in [0.2, 0.25) is 0 Å². The third kappa shape index (κ3) is 50.9. The van der Waals surface area contributed by atoms with Crippen LogP contribution in [0.25, 0.3) is 0 Å². The summed E-state index contributed by atoms with van der Waals surface area (Å²) in [6, 6.07) is 0. The highest BCUT2D eigenvalue weighted by Crippen LogP contribution is 2.17. The summed E-state index contributed by atoms with van der Waals surface area (Å²) < 4.78 is 16.7. The van der Waals surface area contributed by atoms with E-state index in [9.17, 15) is 14.4 Å². The van der Waals surface area contributed by atoms with Gasteiger partial charge in [-0.25, -0.2) is 0 Å². The first-order valence-electron chi connectivity index (χ1n) is 28.3. The summed E-state index contributed by atoms with van der Waals surface area (Å²) in [6.45, 7) is 6.59. The minimum Gasteiger partial charge on any atom is -0.462 e. The van der Waals surface area contributed by atoms with Crippen molar-refractivity contribution in [3.63, 3.8) is 0 Å². The van der Waals surface area contributed by atoms with Gasteiger partial charge in [-0.05, 0) is 51.4 Å². The SMILES string of the molecule is CCCCCCC/C=C\C/C=C\CCCCCCCCCCCCCC(=O)OCC(COC(=O)CCCCCCC)OC(=O)CCCCCCCCCCCCCCCCCCCC. The van der Waals surface area contributed by atoms with Crippen LogP contribution in [-0.4, -0.2) is 37.2 Å². The Labute approximate surface area is 398 Å². The second kappa shape index (κ2) is 53.5. The molecule has 0 saturated carbocycles. The van der Waals surface area contributed by atoms with Gasteiger partial charge in [0.15, 0.2) is 6.10 Å². The quantitative estimate of drug-likeness (QED) is 0.0262.